The zero-order valence-electron chi connectivity index (χ0n) is 12.7. The average Bonchev–Trinajstić information content (AvgIpc) is 2.48. The van der Waals surface area contributed by atoms with Crippen molar-refractivity contribution in [2.75, 3.05) is 6.61 Å². The van der Waals surface area contributed by atoms with Crippen molar-refractivity contribution in [2.45, 2.75) is 39.7 Å². The molecule has 0 saturated carbocycles. The molecule has 0 aliphatic heterocycles. The summed E-state index contributed by atoms with van der Waals surface area (Å²) in [5.74, 6) is 4.89. The van der Waals surface area contributed by atoms with E-state index < -0.39 is 11.7 Å². The molecule has 2 N–H and O–H groups in total. The lowest BCUT2D eigenvalue weighted by Crippen LogP contribution is -2.37. The zero-order valence-corrected chi connectivity index (χ0v) is 12.7. The fourth-order valence-electron chi connectivity index (χ4n) is 1.78. The van der Waals surface area contributed by atoms with Gasteiger partial charge in [0.25, 0.3) is 5.91 Å². The standard InChI is InChI=1S/C17H22FNO2/c1-4-12(2)13(3)19-17(21)15-11-14(7-5-6-10-20)8-9-16(15)18/h8-9,11-13,20H,4,6,10H2,1-3H3,(H,19,21). The Bertz CT molecular complexity index is 545. The molecule has 0 spiro atoms. The van der Waals surface area contributed by atoms with Crippen LogP contribution in [0.25, 0.3) is 0 Å². The SMILES string of the molecule is CCC(C)C(C)NC(=O)c1cc(C#CCCO)ccc1F. The highest BCUT2D eigenvalue weighted by atomic mass is 19.1. The summed E-state index contributed by atoms with van der Waals surface area (Å²) in [5.41, 5.74) is 0.562. The molecule has 0 aliphatic carbocycles. The Labute approximate surface area is 125 Å². The molecule has 1 rings (SSSR count). The largest absolute Gasteiger partial charge is 0.395 e. The summed E-state index contributed by atoms with van der Waals surface area (Å²) in [6.45, 7) is 5.98. The van der Waals surface area contributed by atoms with E-state index in [4.69, 9.17) is 5.11 Å². The van der Waals surface area contributed by atoms with Crippen molar-refractivity contribution >= 4 is 5.91 Å². The third-order valence-corrected chi connectivity index (χ3v) is 3.54. The third kappa shape index (κ3) is 5.20. The molecule has 0 aliphatic rings. The van der Waals surface area contributed by atoms with Gasteiger partial charge in [-0.05, 0) is 31.0 Å². The van der Waals surface area contributed by atoms with Crippen molar-refractivity contribution in [2.24, 2.45) is 5.92 Å². The summed E-state index contributed by atoms with van der Waals surface area (Å²) in [4.78, 5) is 12.1. The van der Waals surface area contributed by atoms with Crippen LogP contribution in [0.15, 0.2) is 18.2 Å². The van der Waals surface area contributed by atoms with Gasteiger partial charge in [0, 0.05) is 18.0 Å². The van der Waals surface area contributed by atoms with Gasteiger partial charge in [-0.15, -0.1) is 0 Å². The number of rotatable bonds is 5. The smallest absolute Gasteiger partial charge is 0.254 e. The third-order valence-electron chi connectivity index (χ3n) is 3.54. The number of carbonyl (C=O) groups is 1. The molecular formula is C17H22FNO2. The molecule has 0 heterocycles. The Hall–Kier alpha value is -1.86. The van der Waals surface area contributed by atoms with Gasteiger partial charge < -0.3 is 10.4 Å². The highest BCUT2D eigenvalue weighted by molar-refractivity contribution is 5.95. The second-order valence-corrected chi connectivity index (χ2v) is 5.12. The molecule has 114 valence electrons. The number of halogens is 1. The molecular weight excluding hydrogens is 269 g/mol. The minimum absolute atomic E-state index is 0.000881. The predicted molar refractivity (Wildman–Crippen MR) is 81.4 cm³/mol. The summed E-state index contributed by atoms with van der Waals surface area (Å²) < 4.78 is 13.8. The minimum Gasteiger partial charge on any atom is -0.395 e. The monoisotopic (exact) mass is 291 g/mol. The summed E-state index contributed by atoms with van der Waals surface area (Å²) in [6, 6.07) is 4.18. The average molecular weight is 291 g/mol. The van der Waals surface area contributed by atoms with Crippen LogP contribution in [0.3, 0.4) is 0 Å². The van der Waals surface area contributed by atoms with Crippen LogP contribution in [-0.2, 0) is 0 Å². The van der Waals surface area contributed by atoms with Crippen LogP contribution in [0.2, 0.25) is 0 Å². The van der Waals surface area contributed by atoms with E-state index in [1.54, 1.807) is 0 Å². The van der Waals surface area contributed by atoms with Crippen molar-refractivity contribution in [3.63, 3.8) is 0 Å². The van der Waals surface area contributed by atoms with Crippen LogP contribution in [0.5, 0.6) is 0 Å². The predicted octanol–water partition coefficient (Wildman–Crippen LogP) is 2.72. The van der Waals surface area contributed by atoms with Crippen molar-refractivity contribution < 1.29 is 14.3 Å². The molecule has 2 atom stereocenters. The van der Waals surface area contributed by atoms with Crippen LogP contribution in [0.4, 0.5) is 4.39 Å². The lowest BCUT2D eigenvalue weighted by molar-refractivity contribution is 0.0924. The molecule has 0 saturated heterocycles. The quantitative estimate of drug-likeness (QED) is 0.820. The second-order valence-electron chi connectivity index (χ2n) is 5.12. The van der Waals surface area contributed by atoms with Gasteiger partial charge in [-0.3, -0.25) is 4.79 Å². The minimum atomic E-state index is -0.559. The maximum atomic E-state index is 13.8. The van der Waals surface area contributed by atoms with Crippen molar-refractivity contribution in [3.8, 4) is 11.8 Å². The number of hydrogen-bond donors (Lipinski definition) is 2. The number of aliphatic hydroxyl groups is 1. The van der Waals surface area contributed by atoms with Crippen molar-refractivity contribution in [1.29, 1.82) is 0 Å². The van der Waals surface area contributed by atoms with Gasteiger partial charge in [0.05, 0.1) is 12.2 Å². The molecule has 0 fully saturated rings. The topological polar surface area (TPSA) is 49.3 Å². The Balaban J connectivity index is 2.89. The highest BCUT2D eigenvalue weighted by Crippen LogP contribution is 2.12. The van der Waals surface area contributed by atoms with Gasteiger partial charge in [-0.2, -0.15) is 0 Å². The fourth-order valence-corrected chi connectivity index (χ4v) is 1.78. The lowest BCUT2D eigenvalue weighted by Gasteiger charge is -2.20. The molecule has 1 aromatic carbocycles. The molecule has 0 radical (unpaired) electrons. The van der Waals surface area contributed by atoms with E-state index in [1.165, 1.54) is 18.2 Å². The molecule has 4 heteroatoms. The number of aliphatic hydroxyl groups excluding tert-OH is 1. The van der Waals surface area contributed by atoms with E-state index in [-0.39, 0.29) is 18.2 Å². The number of hydrogen-bond acceptors (Lipinski definition) is 2. The zero-order chi connectivity index (χ0) is 15.8. The van der Waals surface area contributed by atoms with Gasteiger partial charge in [-0.1, -0.05) is 32.1 Å². The molecule has 1 amide bonds. The first-order valence-corrected chi connectivity index (χ1v) is 7.19. The number of nitrogens with one attached hydrogen (secondary N) is 1. The normalized spacial score (nSPS) is 13.0. The van der Waals surface area contributed by atoms with Crippen LogP contribution in [0.1, 0.15) is 49.5 Å². The Morgan fingerprint density at radius 3 is 2.76 bits per heavy atom. The van der Waals surface area contributed by atoms with Gasteiger partial charge in [0.2, 0.25) is 0 Å². The van der Waals surface area contributed by atoms with Crippen LogP contribution >= 0.6 is 0 Å². The van der Waals surface area contributed by atoms with Crippen LogP contribution in [-0.4, -0.2) is 23.7 Å². The first kappa shape index (κ1) is 17.2. The Morgan fingerprint density at radius 2 is 2.14 bits per heavy atom. The first-order valence-electron chi connectivity index (χ1n) is 7.19. The molecule has 3 nitrogen and oxygen atoms in total. The van der Waals surface area contributed by atoms with E-state index in [9.17, 15) is 9.18 Å². The van der Waals surface area contributed by atoms with Gasteiger partial charge in [-0.25, -0.2) is 4.39 Å². The number of benzene rings is 1. The van der Waals surface area contributed by atoms with E-state index >= 15 is 0 Å². The molecule has 0 aromatic heterocycles. The molecule has 2 unspecified atom stereocenters. The van der Waals surface area contributed by atoms with Crippen LogP contribution < -0.4 is 5.32 Å². The van der Waals surface area contributed by atoms with Crippen molar-refractivity contribution in [1.82, 2.24) is 5.32 Å². The van der Waals surface area contributed by atoms with Gasteiger partial charge in [0.1, 0.15) is 5.82 Å². The summed E-state index contributed by atoms with van der Waals surface area (Å²) >= 11 is 0. The van der Waals surface area contributed by atoms with E-state index in [1.807, 2.05) is 20.8 Å². The molecule has 1 aromatic rings. The summed E-state index contributed by atoms with van der Waals surface area (Å²) in [7, 11) is 0. The van der Waals surface area contributed by atoms with Gasteiger partial charge in [0.15, 0.2) is 0 Å². The van der Waals surface area contributed by atoms with E-state index in [0.717, 1.165) is 6.42 Å². The highest BCUT2D eigenvalue weighted by Gasteiger charge is 2.17. The number of amides is 1. The fraction of sp³-hybridized carbons (Fsp3) is 0.471. The second kappa shape index (κ2) is 8.43. The first-order chi connectivity index (χ1) is 9.99. The maximum absolute atomic E-state index is 13.8. The summed E-state index contributed by atoms with van der Waals surface area (Å²) in [6.07, 6.45) is 1.29. The van der Waals surface area contributed by atoms with Crippen LogP contribution in [0, 0.1) is 23.6 Å². The number of carbonyl (C=O) groups excluding carboxylic acids is 1. The van der Waals surface area contributed by atoms with E-state index in [2.05, 4.69) is 17.2 Å². The summed E-state index contributed by atoms with van der Waals surface area (Å²) in [5, 5.41) is 11.5. The van der Waals surface area contributed by atoms with Crippen molar-refractivity contribution in [3.05, 3.63) is 35.1 Å². The Morgan fingerprint density at radius 1 is 1.43 bits per heavy atom. The lowest BCUT2D eigenvalue weighted by atomic mass is 10.0. The Kier molecular flexibility index (Phi) is 6.90. The molecule has 0 bridgehead atoms. The molecule has 21 heavy (non-hydrogen) atoms. The van der Waals surface area contributed by atoms with E-state index in [0.29, 0.717) is 17.9 Å². The van der Waals surface area contributed by atoms with Gasteiger partial charge >= 0.3 is 0 Å². The maximum Gasteiger partial charge on any atom is 0.254 e.